The summed E-state index contributed by atoms with van der Waals surface area (Å²) in [4.78, 5) is 1.45. The van der Waals surface area contributed by atoms with Gasteiger partial charge in [0.05, 0.1) is 3.79 Å². The van der Waals surface area contributed by atoms with Gasteiger partial charge in [-0.2, -0.15) is 0 Å². The summed E-state index contributed by atoms with van der Waals surface area (Å²) >= 11 is 5.43. The lowest BCUT2D eigenvalue weighted by Crippen LogP contribution is -2.58. The van der Waals surface area contributed by atoms with Crippen molar-refractivity contribution in [3.05, 3.63) is 20.8 Å². The number of nitrogens with two attached hydrogens (primary N) is 1. The molecule has 1 aromatic rings. The Morgan fingerprint density at radius 2 is 2.00 bits per heavy atom. The van der Waals surface area contributed by atoms with E-state index in [9.17, 15) is 0 Å². The standard InChI is InChI=1S/C17H24BrNS/c1-16-6-11-4-12(7-16)9-17(8-11,10-16)14(19)5-13-2-3-15(18)20-13/h2-3,11-12,14H,4-10,19H2,1H3. The molecule has 4 aliphatic carbocycles. The number of rotatable bonds is 3. The topological polar surface area (TPSA) is 26.0 Å². The number of hydrogen-bond acceptors (Lipinski definition) is 2. The van der Waals surface area contributed by atoms with E-state index in [0.717, 1.165) is 18.3 Å². The first-order valence-corrected chi connectivity index (χ1v) is 9.57. The smallest absolute Gasteiger partial charge is 0.0701 e. The number of hydrogen-bond donors (Lipinski definition) is 1. The fourth-order valence-corrected chi connectivity index (χ4v) is 7.67. The summed E-state index contributed by atoms with van der Waals surface area (Å²) in [6.45, 7) is 2.54. The summed E-state index contributed by atoms with van der Waals surface area (Å²) in [5, 5.41) is 0. The molecule has 1 heterocycles. The van der Waals surface area contributed by atoms with E-state index in [-0.39, 0.29) is 0 Å². The van der Waals surface area contributed by atoms with Gasteiger partial charge in [0.2, 0.25) is 0 Å². The van der Waals surface area contributed by atoms with Gasteiger partial charge in [-0.3, -0.25) is 0 Å². The third-order valence-corrected chi connectivity index (χ3v) is 7.88. The van der Waals surface area contributed by atoms with Crippen molar-refractivity contribution >= 4 is 27.3 Å². The van der Waals surface area contributed by atoms with E-state index in [1.54, 1.807) is 0 Å². The van der Waals surface area contributed by atoms with Gasteiger partial charge in [-0.25, -0.2) is 0 Å². The van der Waals surface area contributed by atoms with Crippen molar-refractivity contribution in [2.45, 2.75) is 57.9 Å². The highest BCUT2D eigenvalue weighted by Crippen LogP contribution is 2.66. The summed E-state index contributed by atoms with van der Waals surface area (Å²) in [6, 6.07) is 4.77. The Balaban J connectivity index is 1.57. The van der Waals surface area contributed by atoms with Crippen molar-refractivity contribution in [2.75, 3.05) is 0 Å². The summed E-state index contributed by atoms with van der Waals surface area (Å²) in [5.74, 6) is 1.95. The lowest BCUT2D eigenvalue weighted by molar-refractivity contribution is -0.112. The van der Waals surface area contributed by atoms with E-state index in [2.05, 4.69) is 35.0 Å². The molecule has 4 saturated carbocycles. The van der Waals surface area contributed by atoms with Crippen LogP contribution in [0.5, 0.6) is 0 Å². The largest absolute Gasteiger partial charge is 0.327 e. The summed E-state index contributed by atoms with van der Waals surface area (Å²) < 4.78 is 1.23. The maximum atomic E-state index is 6.76. The zero-order valence-corrected chi connectivity index (χ0v) is 14.6. The lowest BCUT2D eigenvalue weighted by atomic mass is 9.43. The van der Waals surface area contributed by atoms with Crippen LogP contribution in [0.25, 0.3) is 0 Å². The second-order valence-electron chi connectivity index (χ2n) is 8.15. The Labute approximate surface area is 134 Å². The molecule has 0 spiro atoms. The van der Waals surface area contributed by atoms with E-state index in [4.69, 9.17) is 5.73 Å². The molecule has 20 heavy (non-hydrogen) atoms. The van der Waals surface area contributed by atoms with Crippen molar-refractivity contribution in [1.29, 1.82) is 0 Å². The minimum absolute atomic E-state index is 0.360. The molecule has 3 unspecified atom stereocenters. The molecular weight excluding hydrogens is 330 g/mol. The van der Waals surface area contributed by atoms with Crippen LogP contribution in [0.3, 0.4) is 0 Å². The fourth-order valence-electron chi connectivity index (χ4n) is 6.13. The molecule has 3 atom stereocenters. The Morgan fingerprint density at radius 3 is 2.55 bits per heavy atom. The average Bonchev–Trinajstić information content (AvgIpc) is 2.71. The summed E-state index contributed by atoms with van der Waals surface area (Å²) in [7, 11) is 0. The lowest BCUT2D eigenvalue weighted by Gasteiger charge is -2.63. The van der Waals surface area contributed by atoms with Gasteiger partial charge in [0.25, 0.3) is 0 Å². The summed E-state index contributed by atoms with van der Waals surface area (Å²) in [5.41, 5.74) is 7.83. The fraction of sp³-hybridized carbons (Fsp3) is 0.765. The van der Waals surface area contributed by atoms with Gasteiger partial charge in [0, 0.05) is 10.9 Å². The second kappa shape index (κ2) is 4.57. The van der Waals surface area contributed by atoms with Crippen molar-refractivity contribution in [1.82, 2.24) is 0 Å². The number of halogens is 1. The highest BCUT2D eigenvalue weighted by atomic mass is 79.9. The molecule has 2 N–H and O–H groups in total. The maximum absolute atomic E-state index is 6.76. The van der Waals surface area contributed by atoms with Gasteiger partial charge >= 0.3 is 0 Å². The normalized spacial score (nSPS) is 44.0. The van der Waals surface area contributed by atoms with Crippen molar-refractivity contribution in [2.24, 2.45) is 28.4 Å². The maximum Gasteiger partial charge on any atom is 0.0701 e. The molecule has 4 fully saturated rings. The Morgan fingerprint density at radius 1 is 1.30 bits per heavy atom. The van der Waals surface area contributed by atoms with Crippen LogP contribution in [-0.4, -0.2) is 6.04 Å². The van der Waals surface area contributed by atoms with E-state index in [1.807, 2.05) is 11.3 Å². The Bertz CT molecular complexity index is 509. The molecule has 4 aliphatic rings. The van der Waals surface area contributed by atoms with E-state index >= 15 is 0 Å². The zero-order valence-electron chi connectivity index (χ0n) is 12.2. The molecule has 1 aromatic heterocycles. The van der Waals surface area contributed by atoms with Crippen molar-refractivity contribution < 1.29 is 0 Å². The van der Waals surface area contributed by atoms with Crippen LogP contribution in [0.4, 0.5) is 0 Å². The van der Waals surface area contributed by atoms with Gasteiger partial charge in [0.15, 0.2) is 0 Å². The minimum atomic E-state index is 0.360. The highest BCUT2D eigenvalue weighted by Gasteiger charge is 2.57. The van der Waals surface area contributed by atoms with Gasteiger partial charge < -0.3 is 5.73 Å². The van der Waals surface area contributed by atoms with Crippen molar-refractivity contribution in [3.63, 3.8) is 0 Å². The molecule has 0 amide bonds. The van der Waals surface area contributed by atoms with Crippen LogP contribution >= 0.6 is 27.3 Å². The van der Waals surface area contributed by atoms with Gasteiger partial charge in [-0.1, -0.05) is 6.92 Å². The SMILES string of the molecule is CC12CC3CC(C1)CC(C(N)Cc1ccc(Br)s1)(C3)C2. The van der Waals surface area contributed by atoms with Gasteiger partial charge in [-0.15, -0.1) is 11.3 Å². The first kappa shape index (κ1) is 13.8. The predicted molar refractivity (Wildman–Crippen MR) is 88.9 cm³/mol. The van der Waals surface area contributed by atoms with Crippen LogP contribution in [-0.2, 0) is 6.42 Å². The van der Waals surface area contributed by atoms with E-state index in [1.165, 1.54) is 47.2 Å². The van der Waals surface area contributed by atoms with Crippen LogP contribution in [0.1, 0.15) is 50.3 Å². The molecule has 0 aliphatic heterocycles. The Hall–Kier alpha value is 0.140. The first-order chi connectivity index (χ1) is 9.46. The molecule has 110 valence electrons. The average molecular weight is 354 g/mol. The third-order valence-electron chi connectivity index (χ3n) is 6.24. The molecule has 0 radical (unpaired) electrons. The zero-order chi connectivity index (χ0) is 14.0. The molecule has 5 rings (SSSR count). The predicted octanol–water partition coefficient (Wildman–Crippen LogP) is 4.99. The first-order valence-electron chi connectivity index (χ1n) is 7.96. The van der Waals surface area contributed by atoms with E-state index < -0.39 is 0 Å². The van der Waals surface area contributed by atoms with Crippen LogP contribution in [0, 0.1) is 22.7 Å². The quantitative estimate of drug-likeness (QED) is 0.813. The summed E-state index contributed by atoms with van der Waals surface area (Å²) in [6.07, 6.45) is 9.73. The molecular formula is C17H24BrNS. The van der Waals surface area contributed by atoms with Crippen LogP contribution < -0.4 is 5.73 Å². The Kier molecular flexibility index (Phi) is 3.15. The molecule has 0 saturated heterocycles. The van der Waals surface area contributed by atoms with Gasteiger partial charge in [0.1, 0.15) is 0 Å². The monoisotopic (exact) mass is 353 g/mol. The third kappa shape index (κ3) is 2.21. The van der Waals surface area contributed by atoms with Crippen molar-refractivity contribution in [3.8, 4) is 0 Å². The van der Waals surface area contributed by atoms with Gasteiger partial charge in [-0.05, 0) is 95.7 Å². The molecule has 0 aromatic carbocycles. The second-order valence-corrected chi connectivity index (χ2v) is 10.7. The van der Waals surface area contributed by atoms with E-state index in [0.29, 0.717) is 16.9 Å². The molecule has 1 nitrogen and oxygen atoms in total. The number of thiophene rings is 1. The molecule has 3 heteroatoms. The van der Waals surface area contributed by atoms with Crippen LogP contribution in [0.2, 0.25) is 0 Å². The van der Waals surface area contributed by atoms with Crippen LogP contribution in [0.15, 0.2) is 15.9 Å². The molecule has 4 bridgehead atoms. The minimum Gasteiger partial charge on any atom is -0.327 e. The highest BCUT2D eigenvalue weighted by molar-refractivity contribution is 9.11.